The standard InChI is InChI=1S/C8H16O2S2/c1-8(2,3)7-4-11(9)6-12(10)5-7/h7H,4-6H2,1-3H3. The van der Waals surface area contributed by atoms with Crippen molar-refractivity contribution in [1.82, 2.24) is 0 Å². The monoisotopic (exact) mass is 208 g/mol. The molecule has 72 valence electrons. The van der Waals surface area contributed by atoms with Crippen LogP contribution in [0.1, 0.15) is 20.8 Å². The van der Waals surface area contributed by atoms with Gasteiger partial charge < -0.3 is 0 Å². The average Bonchev–Trinajstić information content (AvgIpc) is 1.82. The molecule has 0 saturated carbocycles. The molecule has 1 heterocycles. The van der Waals surface area contributed by atoms with Crippen LogP contribution in [0.5, 0.6) is 0 Å². The molecule has 1 aliphatic heterocycles. The van der Waals surface area contributed by atoms with Gasteiger partial charge in [-0.1, -0.05) is 20.8 Å². The molecule has 1 aliphatic rings. The third-order valence-corrected chi connectivity index (χ3v) is 5.91. The van der Waals surface area contributed by atoms with Crippen LogP contribution in [0, 0.1) is 11.3 Å². The van der Waals surface area contributed by atoms with Crippen LogP contribution in [0.4, 0.5) is 0 Å². The minimum atomic E-state index is -0.847. The van der Waals surface area contributed by atoms with Crippen LogP contribution in [-0.4, -0.2) is 25.0 Å². The molecule has 0 aromatic heterocycles. The molecule has 0 N–H and O–H groups in total. The van der Waals surface area contributed by atoms with Crippen LogP contribution < -0.4 is 0 Å². The molecule has 0 aromatic carbocycles. The highest BCUT2D eigenvalue weighted by Crippen LogP contribution is 2.29. The number of rotatable bonds is 0. The van der Waals surface area contributed by atoms with Crippen LogP contribution in [0.3, 0.4) is 0 Å². The van der Waals surface area contributed by atoms with E-state index in [9.17, 15) is 8.42 Å². The highest BCUT2D eigenvalue weighted by Gasteiger charge is 2.32. The number of hydrogen-bond acceptors (Lipinski definition) is 2. The van der Waals surface area contributed by atoms with Gasteiger partial charge in [0.1, 0.15) is 0 Å². The first-order valence-electron chi connectivity index (χ1n) is 4.09. The summed E-state index contributed by atoms with van der Waals surface area (Å²) in [5.41, 5.74) is 0.145. The maximum absolute atomic E-state index is 11.2. The van der Waals surface area contributed by atoms with Gasteiger partial charge in [-0.25, -0.2) is 0 Å². The predicted octanol–water partition coefficient (Wildman–Crippen LogP) is 1.12. The smallest absolute Gasteiger partial charge is 0.0991 e. The van der Waals surface area contributed by atoms with E-state index in [1.54, 1.807) is 0 Å². The Morgan fingerprint density at radius 3 is 1.83 bits per heavy atom. The van der Waals surface area contributed by atoms with E-state index in [4.69, 9.17) is 0 Å². The van der Waals surface area contributed by atoms with Gasteiger partial charge in [0.15, 0.2) is 0 Å². The van der Waals surface area contributed by atoms with Crippen molar-refractivity contribution in [2.45, 2.75) is 20.8 Å². The quantitative estimate of drug-likeness (QED) is 0.598. The second kappa shape index (κ2) is 3.58. The Balaban J connectivity index is 2.68. The van der Waals surface area contributed by atoms with Crippen LogP contribution in [-0.2, 0) is 21.6 Å². The zero-order valence-corrected chi connectivity index (χ0v) is 9.46. The van der Waals surface area contributed by atoms with Gasteiger partial charge in [-0.15, -0.1) is 0 Å². The second-order valence-corrected chi connectivity index (χ2v) is 7.76. The van der Waals surface area contributed by atoms with Gasteiger partial charge in [0.05, 0.1) is 5.08 Å². The van der Waals surface area contributed by atoms with Gasteiger partial charge in [0.2, 0.25) is 0 Å². The van der Waals surface area contributed by atoms with Crippen molar-refractivity contribution in [3.63, 3.8) is 0 Å². The van der Waals surface area contributed by atoms with Gasteiger partial charge in [0, 0.05) is 33.1 Å². The summed E-state index contributed by atoms with van der Waals surface area (Å²) < 4.78 is 22.5. The van der Waals surface area contributed by atoms with E-state index >= 15 is 0 Å². The lowest BCUT2D eigenvalue weighted by atomic mass is 9.83. The zero-order chi connectivity index (χ0) is 9.35. The van der Waals surface area contributed by atoms with Crippen molar-refractivity contribution in [2.75, 3.05) is 16.6 Å². The maximum Gasteiger partial charge on any atom is 0.0991 e. The third kappa shape index (κ3) is 2.66. The van der Waals surface area contributed by atoms with Gasteiger partial charge in [-0.2, -0.15) is 0 Å². The lowest BCUT2D eigenvalue weighted by Crippen LogP contribution is -2.36. The van der Waals surface area contributed by atoms with E-state index < -0.39 is 21.6 Å². The first kappa shape index (κ1) is 10.4. The molecule has 0 aromatic rings. The molecule has 2 atom stereocenters. The predicted molar refractivity (Wildman–Crippen MR) is 53.8 cm³/mol. The summed E-state index contributed by atoms with van der Waals surface area (Å²) in [6.45, 7) is 6.37. The fraction of sp³-hybridized carbons (Fsp3) is 1.00. The molecular formula is C8H16O2S2. The molecule has 1 fully saturated rings. The summed E-state index contributed by atoms with van der Waals surface area (Å²) in [6.07, 6.45) is 0. The molecular weight excluding hydrogens is 192 g/mol. The first-order chi connectivity index (χ1) is 5.39. The van der Waals surface area contributed by atoms with Gasteiger partial charge in [-0.3, -0.25) is 8.42 Å². The summed E-state index contributed by atoms with van der Waals surface area (Å²) in [7, 11) is -1.69. The van der Waals surface area contributed by atoms with Crippen molar-refractivity contribution < 1.29 is 8.42 Å². The minimum absolute atomic E-state index is 0.145. The molecule has 1 rings (SSSR count). The van der Waals surface area contributed by atoms with E-state index in [0.717, 1.165) is 11.5 Å². The highest BCUT2D eigenvalue weighted by molar-refractivity contribution is 8.02. The summed E-state index contributed by atoms with van der Waals surface area (Å²) in [6, 6.07) is 0. The van der Waals surface area contributed by atoms with E-state index in [2.05, 4.69) is 20.8 Å². The Morgan fingerprint density at radius 2 is 1.50 bits per heavy atom. The van der Waals surface area contributed by atoms with E-state index in [1.165, 1.54) is 0 Å². The van der Waals surface area contributed by atoms with Crippen molar-refractivity contribution in [3.05, 3.63) is 0 Å². The summed E-state index contributed by atoms with van der Waals surface area (Å²) in [5.74, 6) is 1.82. The van der Waals surface area contributed by atoms with Gasteiger partial charge >= 0.3 is 0 Å². The Labute approximate surface area is 79.0 Å². The van der Waals surface area contributed by atoms with Crippen molar-refractivity contribution >= 4 is 21.6 Å². The van der Waals surface area contributed by atoms with E-state index in [0.29, 0.717) is 11.0 Å². The summed E-state index contributed by atoms with van der Waals surface area (Å²) in [5, 5.41) is 0.395. The zero-order valence-electron chi connectivity index (χ0n) is 7.83. The summed E-state index contributed by atoms with van der Waals surface area (Å²) >= 11 is 0. The Hall–Kier alpha value is 0.300. The second-order valence-electron chi connectivity index (χ2n) is 4.39. The van der Waals surface area contributed by atoms with Crippen molar-refractivity contribution in [1.29, 1.82) is 0 Å². The first-order valence-corrected chi connectivity index (χ1v) is 7.07. The maximum atomic E-state index is 11.2. The van der Waals surface area contributed by atoms with Crippen LogP contribution in [0.15, 0.2) is 0 Å². The molecule has 1 saturated heterocycles. The average molecular weight is 208 g/mol. The fourth-order valence-corrected chi connectivity index (χ4v) is 5.46. The molecule has 2 unspecified atom stereocenters. The van der Waals surface area contributed by atoms with Crippen LogP contribution >= 0.6 is 0 Å². The SMILES string of the molecule is CC(C)(C)C1CS(=O)CS(=O)C1. The highest BCUT2D eigenvalue weighted by atomic mass is 32.2. The molecule has 0 amide bonds. The molecule has 0 aliphatic carbocycles. The number of hydrogen-bond donors (Lipinski definition) is 0. The lowest BCUT2D eigenvalue weighted by molar-refractivity contribution is 0.289. The van der Waals surface area contributed by atoms with Crippen molar-refractivity contribution in [2.24, 2.45) is 11.3 Å². The molecule has 4 heteroatoms. The fourth-order valence-electron chi connectivity index (χ4n) is 1.24. The molecule has 12 heavy (non-hydrogen) atoms. The minimum Gasteiger partial charge on any atom is -0.259 e. The van der Waals surface area contributed by atoms with E-state index in [1.807, 2.05) is 0 Å². The Bertz CT molecular complexity index is 202. The molecule has 0 radical (unpaired) electrons. The van der Waals surface area contributed by atoms with Crippen LogP contribution in [0.2, 0.25) is 0 Å². The molecule has 0 bridgehead atoms. The van der Waals surface area contributed by atoms with Crippen molar-refractivity contribution in [3.8, 4) is 0 Å². The largest absolute Gasteiger partial charge is 0.259 e. The van der Waals surface area contributed by atoms with E-state index in [-0.39, 0.29) is 5.41 Å². The lowest BCUT2D eigenvalue weighted by Gasteiger charge is -2.32. The summed E-state index contributed by atoms with van der Waals surface area (Å²) in [4.78, 5) is 0. The topological polar surface area (TPSA) is 34.1 Å². The third-order valence-electron chi connectivity index (χ3n) is 2.26. The van der Waals surface area contributed by atoms with Gasteiger partial charge in [-0.05, 0) is 11.3 Å². The van der Waals surface area contributed by atoms with Crippen LogP contribution in [0.25, 0.3) is 0 Å². The molecule has 0 spiro atoms. The molecule has 2 nitrogen and oxygen atoms in total. The normalized spacial score (nSPS) is 38.1. The van der Waals surface area contributed by atoms with Gasteiger partial charge in [0.25, 0.3) is 0 Å². The Kier molecular flexibility index (Phi) is 3.10. The Morgan fingerprint density at radius 1 is 1.08 bits per heavy atom.